The van der Waals surface area contributed by atoms with Crippen molar-refractivity contribution in [3.63, 3.8) is 0 Å². The number of anilines is 1. The fourth-order valence-electron chi connectivity index (χ4n) is 1.22. The molecule has 0 radical (unpaired) electrons. The molecule has 0 amide bonds. The smallest absolute Gasteiger partial charge is 0.311 e. The SMILES string of the molecule is Cc1ccc([N+](=O)[O-])c(NC2CC2)n1. The average molecular weight is 193 g/mol. The highest BCUT2D eigenvalue weighted by Crippen LogP contribution is 2.29. The molecule has 5 heteroatoms. The molecule has 0 aliphatic heterocycles. The van der Waals surface area contributed by atoms with Gasteiger partial charge in [-0.25, -0.2) is 4.98 Å². The molecule has 0 bridgehead atoms. The van der Waals surface area contributed by atoms with Crippen molar-refractivity contribution >= 4 is 11.5 Å². The first-order valence-corrected chi connectivity index (χ1v) is 4.55. The van der Waals surface area contributed by atoms with Crippen LogP contribution in [0.25, 0.3) is 0 Å². The highest BCUT2D eigenvalue weighted by Gasteiger charge is 2.25. The van der Waals surface area contributed by atoms with E-state index >= 15 is 0 Å². The van der Waals surface area contributed by atoms with Gasteiger partial charge in [0.2, 0.25) is 5.82 Å². The van der Waals surface area contributed by atoms with E-state index in [0.717, 1.165) is 18.5 Å². The summed E-state index contributed by atoms with van der Waals surface area (Å²) in [6.45, 7) is 1.82. The maximum Gasteiger partial charge on any atom is 0.311 e. The number of nitro groups is 1. The van der Waals surface area contributed by atoms with Crippen LogP contribution in [0.2, 0.25) is 0 Å². The molecule has 1 aromatic rings. The van der Waals surface area contributed by atoms with Crippen LogP contribution >= 0.6 is 0 Å². The second-order valence-electron chi connectivity index (χ2n) is 3.50. The van der Waals surface area contributed by atoms with Gasteiger partial charge in [-0.3, -0.25) is 10.1 Å². The van der Waals surface area contributed by atoms with E-state index in [9.17, 15) is 10.1 Å². The number of aromatic nitrogens is 1. The molecular weight excluding hydrogens is 182 g/mol. The molecule has 1 aliphatic carbocycles. The number of aryl methyl sites for hydroxylation is 1. The number of hydrogen-bond acceptors (Lipinski definition) is 4. The zero-order valence-electron chi connectivity index (χ0n) is 7.86. The van der Waals surface area contributed by atoms with Crippen molar-refractivity contribution < 1.29 is 4.92 Å². The van der Waals surface area contributed by atoms with Crippen LogP contribution in [0.4, 0.5) is 11.5 Å². The number of nitrogens with one attached hydrogen (secondary N) is 1. The molecular formula is C9H11N3O2. The summed E-state index contributed by atoms with van der Waals surface area (Å²) in [4.78, 5) is 14.4. The highest BCUT2D eigenvalue weighted by molar-refractivity contribution is 5.57. The molecule has 74 valence electrons. The van der Waals surface area contributed by atoms with Gasteiger partial charge in [0.25, 0.3) is 0 Å². The van der Waals surface area contributed by atoms with E-state index in [1.807, 2.05) is 6.92 Å². The van der Waals surface area contributed by atoms with E-state index in [1.54, 1.807) is 6.07 Å². The summed E-state index contributed by atoms with van der Waals surface area (Å²) in [6.07, 6.45) is 2.15. The Morgan fingerprint density at radius 3 is 2.86 bits per heavy atom. The van der Waals surface area contributed by atoms with Crippen molar-refractivity contribution in [3.05, 3.63) is 27.9 Å². The van der Waals surface area contributed by atoms with Gasteiger partial charge in [0, 0.05) is 17.8 Å². The number of rotatable bonds is 3. The zero-order valence-corrected chi connectivity index (χ0v) is 7.86. The van der Waals surface area contributed by atoms with Crippen molar-refractivity contribution in [1.29, 1.82) is 0 Å². The van der Waals surface area contributed by atoms with Gasteiger partial charge in [0.05, 0.1) is 4.92 Å². The first-order valence-electron chi connectivity index (χ1n) is 4.55. The maximum absolute atomic E-state index is 10.7. The quantitative estimate of drug-likeness (QED) is 0.587. The summed E-state index contributed by atoms with van der Waals surface area (Å²) in [5.41, 5.74) is 0.848. The van der Waals surface area contributed by atoms with Gasteiger partial charge in [-0.15, -0.1) is 0 Å². The van der Waals surface area contributed by atoms with Crippen LogP contribution in [0, 0.1) is 17.0 Å². The molecule has 1 aliphatic rings. The minimum Gasteiger partial charge on any atom is -0.362 e. The van der Waals surface area contributed by atoms with E-state index in [-0.39, 0.29) is 5.69 Å². The van der Waals surface area contributed by atoms with Crippen molar-refractivity contribution in [1.82, 2.24) is 4.98 Å². The molecule has 1 saturated carbocycles. The first kappa shape index (κ1) is 8.93. The van der Waals surface area contributed by atoms with Crippen LogP contribution in [-0.2, 0) is 0 Å². The fourth-order valence-corrected chi connectivity index (χ4v) is 1.22. The van der Waals surface area contributed by atoms with Gasteiger partial charge in [-0.2, -0.15) is 0 Å². The third kappa shape index (κ3) is 1.81. The standard InChI is InChI=1S/C9H11N3O2/c1-6-2-5-8(12(13)14)9(10-6)11-7-3-4-7/h2,5,7H,3-4H2,1H3,(H,10,11). The van der Waals surface area contributed by atoms with E-state index in [0.29, 0.717) is 11.9 Å². The van der Waals surface area contributed by atoms with Crippen molar-refractivity contribution in [2.75, 3.05) is 5.32 Å². The Bertz CT molecular complexity index is 374. The van der Waals surface area contributed by atoms with E-state index in [1.165, 1.54) is 6.07 Å². The lowest BCUT2D eigenvalue weighted by molar-refractivity contribution is -0.384. The average Bonchev–Trinajstić information content (AvgIpc) is 2.87. The summed E-state index contributed by atoms with van der Waals surface area (Å²) in [5, 5.41) is 13.7. The first-order chi connectivity index (χ1) is 6.66. The number of hydrogen-bond donors (Lipinski definition) is 1. The van der Waals surface area contributed by atoms with Crippen LogP contribution in [0.5, 0.6) is 0 Å². The summed E-state index contributed by atoms with van der Waals surface area (Å²) >= 11 is 0. The Hall–Kier alpha value is -1.65. The molecule has 0 aromatic carbocycles. The molecule has 0 saturated heterocycles. The van der Waals surface area contributed by atoms with Crippen LogP contribution in [0.1, 0.15) is 18.5 Å². The maximum atomic E-state index is 10.7. The van der Waals surface area contributed by atoms with E-state index in [2.05, 4.69) is 10.3 Å². The normalized spacial score (nSPS) is 15.2. The Balaban J connectivity index is 2.31. The predicted octanol–water partition coefficient (Wildman–Crippen LogP) is 1.87. The lowest BCUT2D eigenvalue weighted by atomic mass is 10.3. The Morgan fingerprint density at radius 1 is 1.57 bits per heavy atom. The molecule has 0 unspecified atom stereocenters. The summed E-state index contributed by atoms with van der Waals surface area (Å²) in [7, 11) is 0. The largest absolute Gasteiger partial charge is 0.362 e. The monoisotopic (exact) mass is 193 g/mol. The number of pyridine rings is 1. The summed E-state index contributed by atoms with van der Waals surface area (Å²) in [6, 6.07) is 3.52. The van der Waals surface area contributed by atoms with Crippen LogP contribution in [0.15, 0.2) is 12.1 Å². The Labute approximate surface area is 81.3 Å². The molecule has 2 rings (SSSR count). The topological polar surface area (TPSA) is 68.1 Å². The molecule has 1 heterocycles. The van der Waals surface area contributed by atoms with Crippen LogP contribution < -0.4 is 5.32 Å². The van der Waals surface area contributed by atoms with Gasteiger partial charge in [-0.05, 0) is 25.8 Å². The minimum atomic E-state index is -0.406. The van der Waals surface area contributed by atoms with Gasteiger partial charge in [-0.1, -0.05) is 0 Å². The summed E-state index contributed by atoms with van der Waals surface area (Å²) in [5.74, 6) is 0.400. The second-order valence-corrected chi connectivity index (χ2v) is 3.50. The Morgan fingerprint density at radius 2 is 2.29 bits per heavy atom. The predicted molar refractivity (Wildman–Crippen MR) is 52.3 cm³/mol. The molecule has 1 fully saturated rings. The second kappa shape index (κ2) is 3.25. The summed E-state index contributed by atoms with van der Waals surface area (Å²) < 4.78 is 0. The van der Waals surface area contributed by atoms with E-state index < -0.39 is 4.92 Å². The van der Waals surface area contributed by atoms with Gasteiger partial charge in [0.1, 0.15) is 0 Å². The molecule has 0 atom stereocenters. The molecule has 0 spiro atoms. The van der Waals surface area contributed by atoms with Crippen LogP contribution in [-0.4, -0.2) is 15.9 Å². The van der Waals surface area contributed by atoms with Gasteiger partial charge >= 0.3 is 5.69 Å². The Kier molecular flexibility index (Phi) is 2.07. The molecule has 5 nitrogen and oxygen atoms in total. The fraction of sp³-hybridized carbons (Fsp3) is 0.444. The van der Waals surface area contributed by atoms with E-state index in [4.69, 9.17) is 0 Å². The highest BCUT2D eigenvalue weighted by atomic mass is 16.6. The molecule has 1 N–H and O–H groups in total. The van der Waals surface area contributed by atoms with Crippen molar-refractivity contribution in [2.45, 2.75) is 25.8 Å². The minimum absolute atomic E-state index is 0.0579. The molecule has 1 aromatic heterocycles. The van der Waals surface area contributed by atoms with Gasteiger partial charge < -0.3 is 5.32 Å². The van der Waals surface area contributed by atoms with Crippen molar-refractivity contribution in [2.24, 2.45) is 0 Å². The third-order valence-corrected chi connectivity index (χ3v) is 2.13. The van der Waals surface area contributed by atoms with Crippen molar-refractivity contribution in [3.8, 4) is 0 Å². The lowest BCUT2D eigenvalue weighted by Crippen LogP contribution is -2.06. The zero-order chi connectivity index (χ0) is 10.1. The number of nitrogens with zero attached hydrogens (tertiary/aromatic N) is 2. The van der Waals surface area contributed by atoms with Crippen LogP contribution in [0.3, 0.4) is 0 Å². The van der Waals surface area contributed by atoms with Gasteiger partial charge in [0.15, 0.2) is 0 Å². The lowest BCUT2D eigenvalue weighted by Gasteiger charge is -2.04. The third-order valence-electron chi connectivity index (χ3n) is 2.13. The molecule has 14 heavy (non-hydrogen) atoms.